The fraction of sp³-hybridized carbons (Fsp3) is 0.269. The molecule has 1 amide bonds. The number of nitrogens with zero attached hydrogens (tertiary/aromatic N) is 1. The van der Waals surface area contributed by atoms with Crippen molar-refractivity contribution >= 4 is 27.3 Å². The van der Waals surface area contributed by atoms with Crippen molar-refractivity contribution in [2.24, 2.45) is 0 Å². The maximum atomic E-state index is 12.8. The van der Waals surface area contributed by atoms with Crippen molar-refractivity contribution in [1.82, 2.24) is 0 Å². The Labute approximate surface area is 191 Å². The van der Waals surface area contributed by atoms with Crippen LogP contribution in [0, 0.1) is 34.6 Å². The van der Waals surface area contributed by atoms with Crippen LogP contribution in [0.2, 0.25) is 0 Å². The van der Waals surface area contributed by atoms with Gasteiger partial charge in [-0.15, -0.1) is 0 Å². The summed E-state index contributed by atoms with van der Waals surface area (Å²) in [5.74, 6) is -0.193. The summed E-state index contributed by atoms with van der Waals surface area (Å²) in [6.45, 7) is 10.00. The zero-order valence-corrected chi connectivity index (χ0v) is 20.3. The lowest BCUT2D eigenvalue weighted by atomic mass is 10.0. The highest BCUT2D eigenvalue weighted by atomic mass is 32.2. The second kappa shape index (κ2) is 9.17. The minimum Gasteiger partial charge on any atom is -0.322 e. The molecule has 0 unspecified atom stereocenters. The number of nitrogens with one attached hydrogen (secondary N) is 1. The minimum absolute atomic E-state index is 0.193. The molecule has 0 aliphatic carbocycles. The Morgan fingerprint density at radius 1 is 0.844 bits per heavy atom. The van der Waals surface area contributed by atoms with E-state index in [2.05, 4.69) is 5.32 Å². The van der Waals surface area contributed by atoms with Crippen molar-refractivity contribution in [3.8, 4) is 0 Å². The maximum absolute atomic E-state index is 12.8. The SMILES string of the molecule is Cc1cc(C)c(NC(=O)c2ccc(CN(c3c(C)cccc3C)S(C)(=O)=O)cc2)c(C)c1. The van der Waals surface area contributed by atoms with E-state index in [4.69, 9.17) is 0 Å². The van der Waals surface area contributed by atoms with Crippen molar-refractivity contribution < 1.29 is 13.2 Å². The predicted octanol–water partition coefficient (Wildman–Crippen LogP) is 5.45. The molecule has 0 heterocycles. The number of carbonyl (C=O) groups excluding carboxylic acids is 1. The molecule has 168 valence electrons. The summed E-state index contributed by atoms with van der Waals surface area (Å²) in [7, 11) is -3.49. The number of sulfonamides is 1. The molecule has 3 rings (SSSR count). The van der Waals surface area contributed by atoms with Gasteiger partial charge in [-0.1, -0.05) is 48.0 Å². The van der Waals surface area contributed by atoms with Crippen LogP contribution in [0.15, 0.2) is 54.6 Å². The van der Waals surface area contributed by atoms with E-state index < -0.39 is 10.0 Å². The molecule has 0 radical (unpaired) electrons. The zero-order chi connectivity index (χ0) is 23.6. The van der Waals surface area contributed by atoms with Gasteiger partial charge in [0.25, 0.3) is 5.91 Å². The Balaban J connectivity index is 1.84. The number of carbonyl (C=O) groups is 1. The van der Waals surface area contributed by atoms with Gasteiger partial charge < -0.3 is 5.32 Å². The normalized spacial score (nSPS) is 11.3. The molecule has 0 spiro atoms. The largest absolute Gasteiger partial charge is 0.322 e. The van der Waals surface area contributed by atoms with E-state index in [1.165, 1.54) is 10.6 Å². The predicted molar refractivity (Wildman–Crippen MR) is 132 cm³/mol. The van der Waals surface area contributed by atoms with E-state index in [-0.39, 0.29) is 12.5 Å². The Bertz CT molecular complexity index is 1220. The molecule has 0 fully saturated rings. The number of anilines is 2. The Morgan fingerprint density at radius 3 is 1.88 bits per heavy atom. The molecule has 0 saturated heterocycles. The topological polar surface area (TPSA) is 66.5 Å². The molecule has 0 saturated carbocycles. The van der Waals surface area contributed by atoms with Crippen molar-refractivity contribution in [1.29, 1.82) is 0 Å². The molecule has 3 aromatic carbocycles. The fourth-order valence-electron chi connectivity index (χ4n) is 4.05. The lowest BCUT2D eigenvalue weighted by molar-refractivity contribution is 0.102. The lowest BCUT2D eigenvalue weighted by Gasteiger charge is -2.26. The average molecular weight is 451 g/mol. The zero-order valence-electron chi connectivity index (χ0n) is 19.5. The Hall–Kier alpha value is -3.12. The molecule has 5 nitrogen and oxygen atoms in total. The van der Waals surface area contributed by atoms with Crippen molar-refractivity contribution in [2.45, 2.75) is 41.2 Å². The monoisotopic (exact) mass is 450 g/mol. The van der Waals surface area contributed by atoms with Crippen LogP contribution in [-0.2, 0) is 16.6 Å². The van der Waals surface area contributed by atoms with E-state index in [1.807, 2.05) is 65.0 Å². The number of hydrogen-bond acceptors (Lipinski definition) is 3. The summed E-state index contributed by atoms with van der Waals surface area (Å²) in [5.41, 5.74) is 7.83. The molecular weight excluding hydrogens is 420 g/mol. The highest BCUT2D eigenvalue weighted by molar-refractivity contribution is 7.92. The van der Waals surface area contributed by atoms with Gasteiger partial charge in [-0.2, -0.15) is 0 Å². The van der Waals surface area contributed by atoms with Crippen molar-refractivity contribution in [3.63, 3.8) is 0 Å². The van der Waals surface area contributed by atoms with Crippen LogP contribution in [-0.4, -0.2) is 20.6 Å². The molecule has 32 heavy (non-hydrogen) atoms. The van der Waals surface area contributed by atoms with Gasteiger partial charge >= 0.3 is 0 Å². The Morgan fingerprint density at radius 2 is 1.38 bits per heavy atom. The first-order valence-corrected chi connectivity index (χ1v) is 12.3. The summed E-state index contributed by atoms with van der Waals surface area (Å²) in [4.78, 5) is 12.8. The number of hydrogen-bond donors (Lipinski definition) is 1. The first kappa shape index (κ1) is 23.5. The average Bonchev–Trinajstić information content (AvgIpc) is 2.69. The number of amides is 1. The van der Waals surface area contributed by atoms with Gasteiger partial charge in [0.1, 0.15) is 0 Å². The lowest BCUT2D eigenvalue weighted by Crippen LogP contribution is -2.30. The summed E-state index contributed by atoms with van der Waals surface area (Å²) in [6.07, 6.45) is 1.22. The standard InChI is InChI=1S/C26H30N2O3S/c1-17-14-20(4)24(21(5)15-17)27-26(29)23-12-10-22(11-13-23)16-28(32(6,30)31)25-18(2)8-7-9-19(25)3/h7-15H,16H2,1-6H3,(H,27,29). The first-order chi connectivity index (χ1) is 15.0. The van der Waals surface area contributed by atoms with Crippen LogP contribution in [0.1, 0.15) is 43.7 Å². The van der Waals surface area contributed by atoms with E-state index >= 15 is 0 Å². The minimum atomic E-state index is -3.49. The fourth-order valence-corrected chi connectivity index (χ4v) is 5.05. The van der Waals surface area contributed by atoms with Crippen LogP contribution in [0.25, 0.3) is 0 Å². The molecule has 0 aromatic heterocycles. The van der Waals surface area contributed by atoms with Crippen LogP contribution in [0.5, 0.6) is 0 Å². The maximum Gasteiger partial charge on any atom is 0.255 e. The third kappa shape index (κ3) is 5.19. The summed E-state index contributed by atoms with van der Waals surface area (Å²) < 4.78 is 26.6. The van der Waals surface area contributed by atoms with Gasteiger partial charge in [0.05, 0.1) is 18.5 Å². The van der Waals surface area contributed by atoms with Gasteiger partial charge in [-0.05, 0) is 74.6 Å². The molecule has 3 aromatic rings. The molecule has 6 heteroatoms. The smallest absolute Gasteiger partial charge is 0.255 e. The van der Waals surface area contributed by atoms with E-state index in [0.717, 1.165) is 39.1 Å². The van der Waals surface area contributed by atoms with Gasteiger partial charge in [-0.3, -0.25) is 9.10 Å². The van der Waals surface area contributed by atoms with Gasteiger partial charge in [0.2, 0.25) is 10.0 Å². The molecule has 0 aliphatic heterocycles. The highest BCUT2D eigenvalue weighted by Gasteiger charge is 2.21. The van der Waals surface area contributed by atoms with Crippen molar-refractivity contribution in [2.75, 3.05) is 15.9 Å². The van der Waals surface area contributed by atoms with Gasteiger partial charge in [0.15, 0.2) is 0 Å². The Kier molecular flexibility index (Phi) is 6.74. The highest BCUT2D eigenvalue weighted by Crippen LogP contribution is 2.28. The molecule has 1 N–H and O–H groups in total. The second-order valence-electron chi connectivity index (χ2n) is 8.43. The number of rotatable bonds is 6. The summed E-state index contributed by atoms with van der Waals surface area (Å²) >= 11 is 0. The van der Waals surface area contributed by atoms with Gasteiger partial charge in [0, 0.05) is 11.3 Å². The third-order valence-electron chi connectivity index (χ3n) is 5.55. The molecular formula is C26H30N2O3S. The molecule has 0 atom stereocenters. The van der Waals surface area contributed by atoms with Crippen LogP contribution < -0.4 is 9.62 Å². The van der Waals surface area contributed by atoms with E-state index in [1.54, 1.807) is 24.3 Å². The van der Waals surface area contributed by atoms with Gasteiger partial charge in [-0.25, -0.2) is 8.42 Å². The number of aryl methyl sites for hydroxylation is 5. The van der Waals surface area contributed by atoms with E-state index in [0.29, 0.717) is 11.3 Å². The van der Waals surface area contributed by atoms with E-state index in [9.17, 15) is 13.2 Å². The first-order valence-electron chi connectivity index (χ1n) is 10.5. The summed E-state index contributed by atoms with van der Waals surface area (Å²) in [5, 5.41) is 3.00. The van der Waals surface area contributed by atoms with Crippen LogP contribution in [0.3, 0.4) is 0 Å². The number of benzene rings is 3. The summed E-state index contributed by atoms with van der Waals surface area (Å²) in [6, 6.07) is 16.9. The van der Waals surface area contributed by atoms with Crippen LogP contribution >= 0.6 is 0 Å². The molecule has 0 aliphatic rings. The third-order valence-corrected chi connectivity index (χ3v) is 6.66. The molecule has 0 bridgehead atoms. The number of para-hydroxylation sites is 1. The second-order valence-corrected chi connectivity index (χ2v) is 10.3. The van der Waals surface area contributed by atoms with Crippen LogP contribution in [0.4, 0.5) is 11.4 Å². The van der Waals surface area contributed by atoms with Crippen molar-refractivity contribution in [3.05, 3.63) is 93.5 Å². The quantitative estimate of drug-likeness (QED) is 0.543.